The van der Waals surface area contributed by atoms with Crippen molar-refractivity contribution < 1.29 is 27.4 Å². The quantitative estimate of drug-likeness (QED) is 0.589. The van der Waals surface area contributed by atoms with Gasteiger partial charge in [0.2, 0.25) is 0 Å². The minimum absolute atomic E-state index is 0.142. The van der Waals surface area contributed by atoms with E-state index >= 15 is 0 Å². The monoisotopic (exact) mass is 393 g/mol. The lowest BCUT2D eigenvalue weighted by atomic mass is 10.2. The average molecular weight is 393 g/mol. The predicted molar refractivity (Wildman–Crippen MR) is 95.2 cm³/mol. The van der Waals surface area contributed by atoms with Crippen LogP contribution in [0.15, 0.2) is 42.5 Å². The van der Waals surface area contributed by atoms with Gasteiger partial charge in [-0.3, -0.25) is 0 Å². The summed E-state index contributed by atoms with van der Waals surface area (Å²) in [6, 6.07) is 9.93. The summed E-state index contributed by atoms with van der Waals surface area (Å²) >= 11 is 0. The summed E-state index contributed by atoms with van der Waals surface area (Å²) in [5, 5.41) is 7.75. The van der Waals surface area contributed by atoms with Gasteiger partial charge in [0.15, 0.2) is 6.10 Å². The Morgan fingerprint density at radius 2 is 1.86 bits per heavy atom. The average Bonchev–Trinajstić information content (AvgIpc) is 3.09. The first-order chi connectivity index (χ1) is 13.3. The number of hydrogen-bond acceptors (Lipinski definition) is 5. The third-order valence-corrected chi connectivity index (χ3v) is 4.05. The van der Waals surface area contributed by atoms with Gasteiger partial charge in [-0.15, -0.1) is 5.10 Å². The molecule has 6 nitrogen and oxygen atoms in total. The molecule has 0 fully saturated rings. The van der Waals surface area contributed by atoms with Gasteiger partial charge in [0.25, 0.3) is 0 Å². The molecule has 0 saturated carbocycles. The molecule has 3 rings (SSSR count). The molecule has 0 spiro atoms. The van der Waals surface area contributed by atoms with Crippen LogP contribution in [0, 0.1) is 0 Å². The van der Waals surface area contributed by atoms with Crippen LogP contribution in [0.2, 0.25) is 0 Å². The van der Waals surface area contributed by atoms with E-state index in [0.717, 1.165) is 12.1 Å². The van der Waals surface area contributed by atoms with E-state index in [2.05, 4.69) is 10.3 Å². The lowest BCUT2D eigenvalue weighted by Crippen LogP contribution is -2.28. The predicted octanol–water partition coefficient (Wildman–Crippen LogP) is 4.16. The van der Waals surface area contributed by atoms with Crippen LogP contribution in [0.25, 0.3) is 16.7 Å². The van der Waals surface area contributed by atoms with Crippen LogP contribution in [0.3, 0.4) is 0 Å². The number of nitrogens with zero attached hydrogens (tertiary/aromatic N) is 3. The summed E-state index contributed by atoms with van der Waals surface area (Å²) in [6.07, 6.45) is -4.69. The number of esters is 1. The van der Waals surface area contributed by atoms with Gasteiger partial charge >= 0.3 is 12.1 Å². The molecule has 0 aliphatic heterocycles. The van der Waals surface area contributed by atoms with Crippen molar-refractivity contribution in [2.75, 3.05) is 6.61 Å². The molecule has 0 radical (unpaired) electrons. The van der Waals surface area contributed by atoms with Crippen molar-refractivity contribution >= 4 is 17.0 Å². The number of carbonyl (C=O) groups excluding carboxylic acids is 1. The number of fused-ring (bicyclic) bond motifs is 1. The summed E-state index contributed by atoms with van der Waals surface area (Å²) in [7, 11) is 0. The Morgan fingerprint density at radius 3 is 2.46 bits per heavy atom. The Morgan fingerprint density at radius 1 is 1.14 bits per heavy atom. The highest BCUT2D eigenvalue weighted by atomic mass is 19.4. The molecule has 0 N–H and O–H groups in total. The lowest BCUT2D eigenvalue weighted by Gasteiger charge is -2.16. The number of carbonyl (C=O) groups is 1. The second-order valence-electron chi connectivity index (χ2n) is 5.96. The number of ether oxygens (including phenoxy) is 2. The van der Waals surface area contributed by atoms with Crippen molar-refractivity contribution in [1.82, 2.24) is 15.0 Å². The fourth-order valence-corrected chi connectivity index (χ4v) is 2.65. The van der Waals surface area contributed by atoms with Crippen LogP contribution in [0.4, 0.5) is 13.2 Å². The zero-order chi connectivity index (χ0) is 20.3. The molecule has 28 heavy (non-hydrogen) atoms. The highest BCUT2D eigenvalue weighted by molar-refractivity contribution is 5.77. The van der Waals surface area contributed by atoms with Gasteiger partial charge in [0.05, 0.1) is 23.4 Å². The molecule has 1 unspecified atom stereocenters. The Labute approximate surface area is 158 Å². The second-order valence-corrected chi connectivity index (χ2v) is 5.96. The lowest BCUT2D eigenvalue weighted by molar-refractivity contribution is -0.151. The number of rotatable bonds is 6. The molecule has 0 amide bonds. The summed E-state index contributed by atoms with van der Waals surface area (Å²) in [6.45, 7) is 3.80. The van der Waals surface area contributed by atoms with Gasteiger partial charge in [-0.2, -0.15) is 13.2 Å². The molecular formula is C19H18F3N3O3. The van der Waals surface area contributed by atoms with Crippen LogP contribution < -0.4 is 4.74 Å². The normalized spacial score (nSPS) is 12.8. The summed E-state index contributed by atoms with van der Waals surface area (Å²) in [5.41, 5.74) is 0.405. The molecule has 0 aliphatic rings. The van der Waals surface area contributed by atoms with E-state index in [4.69, 9.17) is 9.47 Å². The Bertz CT molecular complexity index is 968. The van der Waals surface area contributed by atoms with Crippen LogP contribution in [-0.2, 0) is 15.7 Å². The van der Waals surface area contributed by atoms with Crippen molar-refractivity contribution in [3.63, 3.8) is 0 Å². The smallest absolute Gasteiger partial charge is 0.416 e. The Balaban J connectivity index is 1.82. The van der Waals surface area contributed by atoms with Gasteiger partial charge in [0.1, 0.15) is 11.3 Å². The van der Waals surface area contributed by atoms with Crippen molar-refractivity contribution in [3.05, 3.63) is 48.0 Å². The number of aromatic nitrogens is 3. The molecule has 148 valence electrons. The maximum atomic E-state index is 12.8. The maximum Gasteiger partial charge on any atom is 0.416 e. The first-order valence-electron chi connectivity index (χ1n) is 8.70. The van der Waals surface area contributed by atoms with E-state index in [9.17, 15) is 18.0 Å². The number of halogens is 3. The molecule has 1 atom stereocenters. The van der Waals surface area contributed by atoms with E-state index in [1.165, 1.54) is 10.7 Å². The zero-order valence-electron chi connectivity index (χ0n) is 15.2. The van der Waals surface area contributed by atoms with Crippen LogP contribution >= 0.6 is 0 Å². The van der Waals surface area contributed by atoms with Crippen molar-refractivity contribution in [2.24, 2.45) is 0 Å². The first kappa shape index (κ1) is 19.7. The van der Waals surface area contributed by atoms with E-state index in [1.807, 2.05) is 6.92 Å². The van der Waals surface area contributed by atoms with Gasteiger partial charge in [-0.25, -0.2) is 9.48 Å². The first-order valence-corrected chi connectivity index (χ1v) is 8.70. The van der Waals surface area contributed by atoms with Crippen molar-refractivity contribution in [2.45, 2.75) is 32.5 Å². The highest BCUT2D eigenvalue weighted by Crippen LogP contribution is 2.31. The fourth-order valence-electron chi connectivity index (χ4n) is 2.65. The molecule has 3 aromatic rings. The van der Waals surface area contributed by atoms with Crippen molar-refractivity contribution in [3.8, 4) is 11.4 Å². The maximum absolute atomic E-state index is 12.8. The molecule has 1 aromatic heterocycles. The van der Waals surface area contributed by atoms with Gasteiger partial charge in [0, 0.05) is 0 Å². The topological polar surface area (TPSA) is 66.2 Å². The minimum Gasteiger partial charge on any atom is -0.479 e. The molecule has 2 aromatic carbocycles. The number of hydrogen-bond donors (Lipinski definition) is 0. The van der Waals surface area contributed by atoms with E-state index < -0.39 is 23.8 Å². The highest BCUT2D eigenvalue weighted by Gasteiger charge is 2.31. The largest absolute Gasteiger partial charge is 0.479 e. The fraction of sp³-hybridized carbons (Fsp3) is 0.316. The Kier molecular flexibility index (Phi) is 5.53. The van der Waals surface area contributed by atoms with E-state index in [0.29, 0.717) is 23.4 Å². The van der Waals surface area contributed by atoms with E-state index in [1.54, 1.807) is 31.2 Å². The second kappa shape index (κ2) is 7.87. The van der Waals surface area contributed by atoms with Crippen molar-refractivity contribution in [1.29, 1.82) is 0 Å². The summed E-state index contributed by atoms with van der Waals surface area (Å²) < 4.78 is 50.5. The third kappa shape index (κ3) is 4.08. The third-order valence-electron chi connectivity index (χ3n) is 4.05. The SMILES string of the molecule is CCOC(=O)C(CC)Oc1ccc(-n2nnc3cc(C(F)(F)F)ccc32)cc1. The molecule has 0 aliphatic carbocycles. The summed E-state index contributed by atoms with van der Waals surface area (Å²) in [4.78, 5) is 11.8. The standard InChI is InChI=1S/C19H18F3N3O3/c1-3-17(18(26)27-4-2)28-14-8-6-13(7-9-14)25-16-10-5-12(19(20,21)22)11-15(16)23-24-25/h5-11,17H,3-4H2,1-2H3. The van der Waals surface area contributed by atoms with Gasteiger partial charge < -0.3 is 9.47 Å². The molecule has 0 saturated heterocycles. The van der Waals surface area contributed by atoms with Crippen LogP contribution in [0.1, 0.15) is 25.8 Å². The Hall–Kier alpha value is -3.10. The zero-order valence-corrected chi connectivity index (χ0v) is 15.2. The van der Waals surface area contributed by atoms with Crippen LogP contribution in [0.5, 0.6) is 5.75 Å². The molecule has 9 heteroatoms. The number of benzene rings is 2. The summed E-state index contributed by atoms with van der Waals surface area (Å²) in [5.74, 6) is 0.0317. The minimum atomic E-state index is -4.44. The number of alkyl halides is 3. The van der Waals surface area contributed by atoms with Crippen LogP contribution in [-0.4, -0.2) is 33.7 Å². The molecular weight excluding hydrogens is 375 g/mol. The van der Waals surface area contributed by atoms with Gasteiger partial charge in [-0.1, -0.05) is 12.1 Å². The van der Waals surface area contributed by atoms with Gasteiger partial charge in [-0.05, 0) is 55.8 Å². The van der Waals surface area contributed by atoms with E-state index in [-0.39, 0.29) is 12.1 Å². The molecule has 1 heterocycles. The molecule has 0 bridgehead atoms.